The summed E-state index contributed by atoms with van der Waals surface area (Å²) in [6, 6.07) is 3.69. The van der Waals surface area contributed by atoms with Gasteiger partial charge in [-0.3, -0.25) is 5.41 Å². The van der Waals surface area contributed by atoms with Gasteiger partial charge in [0.2, 0.25) is 5.95 Å². The van der Waals surface area contributed by atoms with Crippen molar-refractivity contribution in [3.05, 3.63) is 38.8 Å². The van der Waals surface area contributed by atoms with E-state index in [1.54, 1.807) is 23.6 Å². The second-order valence-corrected chi connectivity index (χ2v) is 5.65. The highest BCUT2D eigenvalue weighted by Crippen LogP contribution is 2.21. The van der Waals surface area contributed by atoms with Crippen LogP contribution >= 0.6 is 27.3 Å². The number of nitrogens with one attached hydrogen (secondary N) is 1. The van der Waals surface area contributed by atoms with E-state index in [9.17, 15) is 0 Å². The highest BCUT2D eigenvalue weighted by atomic mass is 79.9. The number of anilines is 1. The van der Waals surface area contributed by atoms with Gasteiger partial charge in [0.25, 0.3) is 0 Å². The van der Waals surface area contributed by atoms with Crippen molar-refractivity contribution in [3.8, 4) is 0 Å². The number of nitrogen functional groups attached to an aromatic ring is 1. The van der Waals surface area contributed by atoms with E-state index in [1.807, 2.05) is 17.3 Å². The molecule has 0 spiro atoms. The molecule has 0 atom stereocenters. The number of nitrogens with zero attached hydrogens (tertiary/aromatic N) is 3. The van der Waals surface area contributed by atoms with Crippen LogP contribution in [0.25, 0.3) is 0 Å². The maximum atomic E-state index is 7.36. The normalized spacial score (nSPS) is 10.3. The van der Waals surface area contributed by atoms with Crippen LogP contribution in [-0.4, -0.2) is 22.9 Å². The Bertz CT molecular complexity index is 568. The summed E-state index contributed by atoms with van der Waals surface area (Å²) in [5, 5.41) is 9.40. The van der Waals surface area contributed by atoms with Crippen molar-refractivity contribution in [3.63, 3.8) is 0 Å². The molecule has 0 saturated heterocycles. The fraction of sp³-hybridized carbons (Fsp3) is 0.182. The van der Waals surface area contributed by atoms with E-state index in [0.717, 1.165) is 11.0 Å². The first-order valence-corrected chi connectivity index (χ1v) is 6.85. The molecule has 5 nitrogen and oxygen atoms in total. The van der Waals surface area contributed by atoms with Gasteiger partial charge in [-0.2, -0.15) is 0 Å². The molecule has 0 aliphatic rings. The first-order chi connectivity index (χ1) is 8.56. The first kappa shape index (κ1) is 13.0. The lowest BCUT2D eigenvalue weighted by molar-refractivity contribution is 0.875. The smallest absolute Gasteiger partial charge is 0.226 e. The third-order valence-electron chi connectivity index (χ3n) is 2.28. The number of rotatable bonds is 4. The fourth-order valence-corrected chi connectivity index (χ4v) is 2.93. The first-order valence-electron chi connectivity index (χ1n) is 5.18. The van der Waals surface area contributed by atoms with E-state index < -0.39 is 0 Å². The third kappa shape index (κ3) is 3.05. The summed E-state index contributed by atoms with van der Waals surface area (Å²) in [6.07, 6.45) is 1.61. The van der Waals surface area contributed by atoms with Crippen LogP contribution in [0.1, 0.15) is 10.6 Å². The summed E-state index contributed by atoms with van der Waals surface area (Å²) >= 11 is 5.10. The van der Waals surface area contributed by atoms with Gasteiger partial charge in [0.05, 0.1) is 6.54 Å². The molecule has 0 amide bonds. The van der Waals surface area contributed by atoms with E-state index in [4.69, 9.17) is 11.1 Å². The average molecular weight is 326 g/mol. The summed E-state index contributed by atoms with van der Waals surface area (Å²) in [5.41, 5.74) is 5.85. The Labute approximate surface area is 117 Å². The molecule has 3 N–H and O–H groups in total. The molecule has 0 aromatic carbocycles. The zero-order valence-electron chi connectivity index (χ0n) is 9.72. The van der Waals surface area contributed by atoms with E-state index in [-0.39, 0.29) is 5.84 Å². The van der Waals surface area contributed by atoms with Gasteiger partial charge in [0.1, 0.15) is 11.5 Å². The number of halogens is 1. The van der Waals surface area contributed by atoms with Gasteiger partial charge in [-0.1, -0.05) is 0 Å². The minimum absolute atomic E-state index is 0.0501. The fourth-order valence-electron chi connectivity index (χ4n) is 1.42. The van der Waals surface area contributed by atoms with Gasteiger partial charge in [0, 0.05) is 28.0 Å². The van der Waals surface area contributed by atoms with Crippen molar-refractivity contribution < 1.29 is 0 Å². The predicted molar refractivity (Wildman–Crippen MR) is 77.2 cm³/mol. The summed E-state index contributed by atoms with van der Waals surface area (Å²) in [5.74, 6) is 0.512. The highest BCUT2D eigenvalue weighted by molar-refractivity contribution is 9.10. The molecule has 2 heterocycles. The molecule has 7 heteroatoms. The van der Waals surface area contributed by atoms with Crippen molar-refractivity contribution in [2.24, 2.45) is 5.73 Å². The molecule has 0 radical (unpaired) electrons. The van der Waals surface area contributed by atoms with Crippen molar-refractivity contribution in [1.29, 1.82) is 5.41 Å². The van der Waals surface area contributed by atoms with Crippen LogP contribution < -0.4 is 10.6 Å². The Morgan fingerprint density at radius 1 is 1.61 bits per heavy atom. The summed E-state index contributed by atoms with van der Waals surface area (Å²) < 4.78 is 1.08. The van der Waals surface area contributed by atoms with Crippen LogP contribution in [0.2, 0.25) is 0 Å². The molecule has 0 aliphatic carbocycles. The number of aromatic nitrogens is 2. The highest BCUT2D eigenvalue weighted by Gasteiger charge is 2.08. The number of amidine groups is 1. The monoisotopic (exact) mass is 325 g/mol. The number of nitrogens with two attached hydrogens (primary N) is 1. The van der Waals surface area contributed by atoms with Crippen LogP contribution in [0.4, 0.5) is 5.95 Å². The van der Waals surface area contributed by atoms with E-state index in [0.29, 0.717) is 11.6 Å². The molecule has 0 bridgehead atoms. The Balaban J connectivity index is 2.15. The van der Waals surface area contributed by atoms with Gasteiger partial charge in [0.15, 0.2) is 0 Å². The van der Waals surface area contributed by atoms with E-state index in [1.165, 1.54) is 4.88 Å². The lowest BCUT2D eigenvalue weighted by Gasteiger charge is -2.16. The van der Waals surface area contributed by atoms with Crippen LogP contribution in [0.5, 0.6) is 0 Å². The topological polar surface area (TPSA) is 78.9 Å². The van der Waals surface area contributed by atoms with E-state index in [2.05, 4.69) is 32.0 Å². The van der Waals surface area contributed by atoms with Crippen molar-refractivity contribution in [2.45, 2.75) is 6.54 Å². The molecule has 2 aromatic heterocycles. The predicted octanol–water partition coefficient (Wildman–Crippen LogP) is 2.22. The second-order valence-electron chi connectivity index (χ2n) is 3.74. The van der Waals surface area contributed by atoms with Gasteiger partial charge in [-0.05, 0) is 28.1 Å². The second kappa shape index (κ2) is 5.45. The molecule has 0 unspecified atom stereocenters. The number of hydrogen-bond donors (Lipinski definition) is 2. The summed E-state index contributed by atoms with van der Waals surface area (Å²) in [4.78, 5) is 11.5. The van der Waals surface area contributed by atoms with Crippen molar-refractivity contribution >= 4 is 39.1 Å². The molecule has 0 aliphatic heterocycles. The van der Waals surface area contributed by atoms with E-state index >= 15 is 0 Å². The Hall–Kier alpha value is -1.47. The van der Waals surface area contributed by atoms with Crippen LogP contribution in [0, 0.1) is 5.41 Å². The van der Waals surface area contributed by atoms with Gasteiger partial charge in [-0.15, -0.1) is 11.3 Å². The molecule has 94 valence electrons. The lowest BCUT2D eigenvalue weighted by atomic mass is 10.4. The maximum Gasteiger partial charge on any atom is 0.226 e. The largest absolute Gasteiger partial charge is 0.382 e. The Kier molecular flexibility index (Phi) is 3.93. The number of thiophene rings is 1. The minimum atomic E-state index is -0.0501. The van der Waals surface area contributed by atoms with Crippen molar-refractivity contribution in [2.75, 3.05) is 11.9 Å². The molecule has 2 aromatic rings. The Morgan fingerprint density at radius 2 is 2.39 bits per heavy atom. The van der Waals surface area contributed by atoms with Crippen LogP contribution in [0.3, 0.4) is 0 Å². The van der Waals surface area contributed by atoms with Crippen LogP contribution in [-0.2, 0) is 6.54 Å². The zero-order chi connectivity index (χ0) is 13.1. The third-order valence-corrected chi connectivity index (χ3v) is 3.96. The average Bonchev–Trinajstić information content (AvgIpc) is 2.75. The van der Waals surface area contributed by atoms with Gasteiger partial charge >= 0.3 is 0 Å². The SMILES string of the molecule is CN(Cc1cc(Br)cs1)c1nccc(C(=N)N)n1. The zero-order valence-corrected chi connectivity index (χ0v) is 12.1. The summed E-state index contributed by atoms with van der Waals surface area (Å²) in [7, 11) is 1.91. The van der Waals surface area contributed by atoms with Gasteiger partial charge in [-0.25, -0.2) is 9.97 Å². The molecule has 0 fully saturated rings. The molecule has 18 heavy (non-hydrogen) atoms. The van der Waals surface area contributed by atoms with Gasteiger partial charge < -0.3 is 10.6 Å². The molecular weight excluding hydrogens is 314 g/mol. The minimum Gasteiger partial charge on any atom is -0.382 e. The van der Waals surface area contributed by atoms with Crippen LogP contribution in [0.15, 0.2) is 28.2 Å². The molecular formula is C11H12BrN5S. The summed E-state index contributed by atoms with van der Waals surface area (Å²) in [6.45, 7) is 0.720. The van der Waals surface area contributed by atoms with Crippen molar-refractivity contribution in [1.82, 2.24) is 9.97 Å². The lowest BCUT2D eigenvalue weighted by Crippen LogP contribution is -2.21. The standard InChI is InChI=1S/C11H12BrN5S/c1-17(5-8-4-7(12)6-18-8)11-15-3-2-9(16-11)10(13)14/h2-4,6H,5H2,1H3,(H3,13,14). The number of hydrogen-bond acceptors (Lipinski definition) is 5. The molecule has 0 saturated carbocycles. The maximum absolute atomic E-state index is 7.36. The Morgan fingerprint density at radius 3 is 3.00 bits per heavy atom. The molecule has 2 rings (SSSR count). The quantitative estimate of drug-likeness (QED) is 0.667.